The van der Waals surface area contributed by atoms with E-state index in [4.69, 9.17) is 4.74 Å². The van der Waals surface area contributed by atoms with Crippen LogP contribution in [-0.4, -0.2) is 22.9 Å². The van der Waals surface area contributed by atoms with Gasteiger partial charge in [-0.3, -0.25) is 4.79 Å². The van der Waals surface area contributed by atoms with Gasteiger partial charge in [-0.05, 0) is 53.4 Å². The maximum atomic E-state index is 11.8. The van der Waals surface area contributed by atoms with Crippen molar-refractivity contribution in [2.75, 3.05) is 12.4 Å². The monoisotopic (exact) mass is 365 g/mol. The third kappa shape index (κ3) is 4.10. The molecule has 0 saturated carbocycles. The van der Waals surface area contributed by atoms with Crippen LogP contribution in [0, 0.1) is 0 Å². The number of halogens is 1. The first-order valence-electron chi connectivity index (χ1n) is 7.12. The number of methoxy groups -OCH3 is 1. The van der Waals surface area contributed by atoms with Gasteiger partial charge in [-0.15, -0.1) is 0 Å². The first kappa shape index (κ1) is 16.5. The van der Waals surface area contributed by atoms with E-state index in [0.29, 0.717) is 4.47 Å². The average Bonchev–Trinajstić information content (AvgIpc) is 2.54. The lowest BCUT2D eigenvalue weighted by Crippen LogP contribution is -2.24. The second-order valence-electron chi connectivity index (χ2n) is 5.23. The van der Waals surface area contributed by atoms with Gasteiger partial charge in [0.1, 0.15) is 10.2 Å². The van der Waals surface area contributed by atoms with E-state index in [1.165, 1.54) is 10.2 Å². The van der Waals surface area contributed by atoms with Crippen LogP contribution < -0.4 is 15.6 Å². The number of ether oxygens (including phenoxy) is 1. The molecule has 2 aromatic rings. The van der Waals surface area contributed by atoms with Crippen LogP contribution in [-0.2, 0) is 13.5 Å². The van der Waals surface area contributed by atoms with E-state index in [-0.39, 0.29) is 11.6 Å². The van der Waals surface area contributed by atoms with Crippen molar-refractivity contribution < 1.29 is 4.74 Å². The fourth-order valence-electron chi connectivity index (χ4n) is 2.12. The van der Waals surface area contributed by atoms with E-state index in [1.807, 2.05) is 12.1 Å². The van der Waals surface area contributed by atoms with Crippen molar-refractivity contribution >= 4 is 21.6 Å². The Labute approximate surface area is 138 Å². The minimum absolute atomic E-state index is 0.146. The number of hydrogen-bond donors (Lipinski definition) is 1. The smallest absolute Gasteiger partial charge is 0.282 e. The molecule has 6 heteroatoms. The highest BCUT2D eigenvalue weighted by Gasteiger charge is 2.10. The van der Waals surface area contributed by atoms with Crippen LogP contribution in [0.4, 0.5) is 5.69 Å². The summed E-state index contributed by atoms with van der Waals surface area (Å²) in [5, 5.41) is 7.35. The standard InChI is InChI=1S/C16H20BrN3O2/c1-11(4-5-12-6-8-13(22-3)9-7-12)19-14-10-18-20(2)16(21)15(14)17/h6-11,19H,4-5H2,1-3H3. The van der Waals surface area contributed by atoms with E-state index in [2.05, 4.69) is 45.4 Å². The SMILES string of the molecule is COc1ccc(CCC(C)Nc2cnn(C)c(=O)c2Br)cc1. The summed E-state index contributed by atoms with van der Waals surface area (Å²) >= 11 is 3.32. The van der Waals surface area contributed by atoms with Crippen LogP contribution in [0.5, 0.6) is 5.75 Å². The summed E-state index contributed by atoms with van der Waals surface area (Å²) < 4.78 is 6.97. The molecule has 1 unspecified atom stereocenters. The molecule has 0 aliphatic rings. The zero-order valence-corrected chi connectivity index (χ0v) is 14.6. The van der Waals surface area contributed by atoms with E-state index in [1.54, 1.807) is 20.4 Å². The van der Waals surface area contributed by atoms with Crippen molar-refractivity contribution in [3.8, 4) is 5.75 Å². The minimum Gasteiger partial charge on any atom is -0.497 e. The highest BCUT2D eigenvalue weighted by molar-refractivity contribution is 9.10. The Hall–Kier alpha value is -1.82. The van der Waals surface area contributed by atoms with Gasteiger partial charge in [-0.1, -0.05) is 12.1 Å². The Balaban J connectivity index is 1.94. The molecule has 1 aromatic heterocycles. The van der Waals surface area contributed by atoms with Crippen molar-refractivity contribution in [3.63, 3.8) is 0 Å². The molecule has 1 aromatic carbocycles. The van der Waals surface area contributed by atoms with E-state index < -0.39 is 0 Å². The number of rotatable bonds is 6. The van der Waals surface area contributed by atoms with Gasteiger partial charge in [0.15, 0.2) is 0 Å². The summed E-state index contributed by atoms with van der Waals surface area (Å²) in [5.41, 5.74) is 1.84. The molecule has 2 rings (SSSR count). The van der Waals surface area contributed by atoms with E-state index in [0.717, 1.165) is 24.3 Å². The van der Waals surface area contributed by atoms with E-state index in [9.17, 15) is 4.79 Å². The lowest BCUT2D eigenvalue weighted by atomic mass is 10.1. The van der Waals surface area contributed by atoms with Crippen LogP contribution in [0.2, 0.25) is 0 Å². The molecule has 1 N–H and O–H groups in total. The first-order chi connectivity index (χ1) is 10.5. The molecule has 22 heavy (non-hydrogen) atoms. The minimum atomic E-state index is -0.146. The molecule has 5 nitrogen and oxygen atoms in total. The summed E-state index contributed by atoms with van der Waals surface area (Å²) in [6.45, 7) is 2.09. The fraction of sp³-hybridized carbons (Fsp3) is 0.375. The first-order valence-corrected chi connectivity index (χ1v) is 7.92. The van der Waals surface area contributed by atoms with Gasteiger partial charge < -0.3 is 10.1 Å². The normalized spacial score (nSPS) is 12.0. The van der Waals surface area contributed by atoms with Crippen LogP contribution in [0.1, 0.15) is 18.9 Å². The number of aromatic nitrogens is 2. The number of nitrogens with zero attached hydrogens (tertiary/aromatic N) is 2. The van der Waals surface area contributed by atoms with Crippen molar-refractivity contribution in [2.45, 2.75) is 25.8 Å². The number of aryl methyl sites for hydroxylation is 2. The summed E-state index contributed by atoms with van der Waals surface area (Å²) in [6.07, 6.45) is 3.57. The van der Waals surface area contributed by atoms with Gasteiger partial charge in [0.05, 0.1) is 19.0 Å². The van der Waals surface area contributed by atoms with Gasteiger partial charge in [0.2, 0.25) is 0 Å². The molecule has 0 radical (unpaired) electrons. The molecule has 0 bridgehead atoms. The molecule has 0 saturated heterocycles. The van der Waals surface area contributed by atoms with Crippen LogP contribution in [0.3, 0.4) is 0 Å². The van der Waals surface area contributed by atoms with Gasteiger partial charge >= 0.3 is 0 Å². The largest absolute Gasteiger partial charge is 0.497 e. The van der Waals surface area contributed by atoms with Crippen LogP contribution >= 0.6 is 15.9 Å². The average molecular weight is 366 g/mol. The molecule has 1 heterocycles. The third-order valence-electron chi connectivity index (χ3n) is 3.51. The topological polar surface area (TPSA) is 56.1 Å². The molecule has 0 amide bonds. The quantitative estimate of drug-likeness (QED) is 0.854. The maximum absolute atomic E-state index is 11.8. The Bertz CT molecular complexity index is 683. The van der Waals surface area contributed by atoms with Crippen molar-refractivity contribution in [1.29, 1.82) is 0 Å². The molecule has 0 spiro atoms. The van der Waals surface area contributed by atoms with Crippen LogP contribution in [0.25, 0.3) is 0 Å². The molecule has 0 aliphatic carbocycles. The van der Waals surface area contributed by atoms with Crippen molar-refractivity contribution in [2.24, 2.45) is 7.05 Å². The zero-order valence-electron chi connectivity index (χ0n) is 13.0. The third-order valence-corrected chi connectivity index (χ3v) is 4.27. The molecule has 0 fully saturated rings. The molecule has 1 atom stereocenters. The summed E-state index contributed by atoms with van der Waals surface area (Å²) in [5.74, 6) is 0.866. The highest BCUT2D eigenvalue weighted by atomic mass is 79.9. The number of nitrogens with one attached hydrogen (secondary N) is 1. The number of anilines is 1. The Morgan fingerprint density at radius 3 is 2.68 bits per heavy atom. The summed E-state index contributed by atoms with van der Waals surface area (Å²) in [4.78, 5) is 11.8. The Morgan fingerprint density at radius 2 is 2.05 bits per heavy atom. The second kappa shape index (κ2) is 7.45. The molecule has 0 aliphatic heterocycles. The molecule has 118 valence electrons. The fourth-order valence-corrected chi connectivity index (χ4v) is 2.60. The lowest BCUT2D eigenvalue weighted by Gasteiger charge is -2.16. The van der Waals surface area contributed by atoms with Crippen molar-refractivity contribution in [3.05, 3.63) is 50.9 Å². The lowest BCUT2D eigenvalue weighted by molar-refractivity contribution is 0.414. The van der Waals surface area contributed by atoms with Crippen molar-refractivity contribution in [1.82, 2.24) is 9.78 Å². The van der Waals surface area contributed by atoms with Gasteiger partial charge in [0.25, 0.3) is 5.56 Å². The Kier molecular flexibility index (Phi) is 5.60. The van der Waals surface area contributed by atoms with Crippen LogP contribution in [0.15, 0.2) is 39.7 Å². The number of benzene rings is 1. The number of hydrogen-bond acceptors (Lipinski definition) is 4. The highest BCUT2D eigenvalue weighted by Crippen LogP contribution is 2.19. The zero-order chi connectivity index (χ0) is 16.1. The van der Waals surface area contributed by atoms with Gasteiger partial charge in [0, 0.05) is 13.1 Å². The van der Waals surface area contributed by atoms with Gasteiger partial charge in [-0.2, -0.15) is 5.10 Å². The summed E-state index contributed by atoms with van der Waals surface area (Å²) in [6, 6.07) is 8.30. The van der Waals surface area contributed by atoms with E-state index >= 15 is 0 Å². The summed E-state index contributed by atoms with van der Waals surface area (Å²) in [7, 11) is 3.29. The van der Waals surface area contributed by atoms with Gasteiger partial charge in [-0.25, -0.2) is 4.68 Å². The maximum Gasteiger partial charge on any atom is 0.282 e. The Morgan fingerprint density at radius 1 is 1.36 bits per heavy atom. The predicted octanol–water partition coefficient (Wildman–Crippen LogP) is 2.98. The second-order valence-corrected chi connectivity index (χ2v) is 6.03. The predicted molar refractivity (Wildman–Crippen MR) is 91.6 cm³/mol. The molecular weight excluding hydrogens is 346 g/mol. The molecular formula is C16H20BrN3O2.